The minimum absolute atomic E-state index is 0.0595. The molecule has 1 aliphatic rings. The Bertz CT molecular complexity index is 941. The lowest BCUT2D eigenvalue weighted by Crippen LogP contribution is -2.40. The molecule has 0 spiro atoms. The molecular weight excluding hydrogens is 344 g/mol. The van der Waals surface area contributed by atoms with Crippen LogP contribution in [0.2, 0.25) is 0 Å². The number of nitrogens with zero attached hydrogens (tertiary/aromatic N) is 4. The molecule has 0 unspecified atom stereocenters. The van der Waals surface area contributed by atoms with E-state index in [-0.39, 0.29) is 18.1 Å². The maximum atomic E-state index is 12.2. The number of nitrogens with two attached hydrogens (primary N) is 1. The average Bonchev–Trinajstić information content (AvgIpc) is 2.70. The Balaban J connectivity index is 1.37. The number of rotatable bonds is 4. The van der Waals surface area contributed by atoms with Crippen LogP contribution < -0.4 is 15.8 Å². The monoisotopic (exact) mass is 364 g/mol. The molecule has 4 rings (SSSR count). The minimum atomic E-state index is -0.168. The largest absolute Gasteiger partial charge is 0.488 e. The van der Waals surface area contributed by atoms with Crippen molar-refractivity contribution in [3.63, 3.8) is 0 Å². The van der Waals surface area contributed by atoms with Crippen molar-refractivity contribution in [3.05, 3.63) is 48.8 Å². The number of hydrogen-bond donors (Lipinski definition) is 2. The van der Waals surface area contributed by atoms with Gasteiger partial charge in [0.05, 0.1) is 11.6 Å². The second-order valence-electron chi connectivity index (χ2n) is 6.60. The average molecular weight is 364 g/mol. The van der Waals surface area contributed by atoms with Crippen molar-refractivity contribution in [2.24, 2.45) is 0 Å². The van der Waals surface area contributed by atoms with Gasteiger partial charge in [-0.1, -0.05) is 0 Å². The van der Waals surface area contributed by atoms with Crippen LogP contribution in [-0.4, -0.2) is 38.0 Å². The standard InChI is InChI=1S/C19H20N6O2/c20-12-9-16-18(23-8-7-22-16)17(10-12)27-14-3-1-13(2-4-14)25-19(26)15-5-6-21-11-24-15/h5-11,13-14H,1-4,20H2,(H,25,26). The number of anilines is 1. The van der Waals surface area contributed by atoms with Crippen LogP contribution in [0.4, 0.5) is 5.69 Å². The van der Waals surface area contributed by atoms with Crippen molar-refractivity contribution in [1.82, 2.24) is 25.3 Å². The fraction of sp³-hybridized carbons (Fsp3) is 0.316. The zero-order valence-corrected chi connectivity index (χ0v) is 14.7. The highest BCUT2D eigenvalue weighted by Crippen LogP contribution is 2.30. The maximum absolute atomic E-state index is 12.2. The van der Waals surface area contributed by atoms with E-state index in [1.807, 2.05) is 0 Å². The van der Waals surface area contributed by atoms with Crippen LogP contribution in [-0.2, 0) is 0 Å². The van der Waals surface area contributed by atoms with E-state index in [0.717, 1.165) is 31.2 Å². The summed E-state index contributed by atoms with van der Waals surface area (Å²) in [5.74, 6) is 0.491. The predicted octanol–water partition coefficient (Wildman–Crippen LogP) is 2.12. The molecular formula is C19H20N6O2. The lowest BCUT2D eigenvalue weighted by molar-refractivity contribution is 0.0890. The molecule has 0 radical (unpaired) electrons. The Morgan fingerprint density at radius 1 is 1.07 bits per heavy atom. The third-order valence-electron chi connectivity index (χ3n) is 4.68. The van der Waals surface area contributed by atoms with Crippen LogP contribution in [0.25, 0.3) is 11.0 Å². The molecule has 27 heavy (non-hydrogen) atoms. The Labute approximate surface area is 156 Å². The molecule has 1 saturated carbocycles. The summed E-state index contributed by atoms with van der Waals surface area (Å²) in [7, 11) is 0. The molecule has 1 fully saturated rings. The second kappa shape index (κ2) is 7.53. The molecule has 3 aromatic rings. The number of fused-ring (bicyclic) bond motifs is 1. The Kier molecular flexibility index (Phi) is 4.78. The van der Waals surface area contributed by atoms with Crippen molar-refractivity contribution in [1.29, 1.82) is 0 Å². The highest BCUT2D eigenvalue weighted by molar-refractivity contribution is 5.92. The van der Waals surface area contributed by atoms with Gasteiger partial charge in [0.25, 0.3) is 5.91 Å². The van der Waals surface area contributed by atoms with Crippen LogP contribution in [0, 0.1) is 0 Å². The first-order valence-corrected chi connectivity index (χ1v) is 8.93. The predicted molar refractivity (Wildman–Crippen MR) is 100 cm³/mol. The van der Waals surface area contributed by atoms with E-state index in [2.05, 4.69) is 25.3 Å². The number of aromatic nitrogens is 4. The molecule has 0 atom stereocenters. The van der Waals surface area contributed by atoms with Gasteiger partial charge in [-0.05, 0) is 37.8 Å². The van der Waals surface area contributed by atoms with Gasteiger partial charge >= 0.3 is 0 Å². The first-order valence-electron chi connectivity index (χ1n) is 8.93. The first kappa shape index (κ1) is 17.1. The molecule has 1 amide bonds. The lowest BCUT2D eigenvalue weighted by atomic mass is 9.92. The van der Waals surface area contributed by atoms with Gasteiger partial charge in [0, 0.05) is 36.4 Å². The Hall–Kier alpha value is -3.29. The number of carbonyl (C=O) groups excluding carboxylic acids is 1. The van der Waals surface area contributed by atoms with E-state index in [1.165, 1.54) is 6.33 Å². The Morgan fingerprint density at radius 3 is 2.67 bits per heavy atom. The highest BCUT2D eigenvalue weighted by Gasteiger charge is 2.25. The van der Waals surface area contributed by atoms with Gasteiger partial charge in [-0.25, -0.2) is 15.0 Å². The van der Waals surface area contributed by atoms with Crippen LogP contribution in [0.15, 0.2) is 43.1 Å². The SMILES string of the molecule is Nc1cc(OC2CCC(NC(=O)c3ccncn3)CC2)c2nccnc2c1. The topological polar surface area (TPSA) is 116 Å². The van der Waals surface area contributed by atoms with Crippen molar-refractivity contribution < 1.29 is 9.53 Å². The number of nitrogens with one attached hydrogen (secondary N) is 1. The van der Waals surface area contributed by atoms with Crippen molar-refractivity contribution in [2.45, 2.75) is 37.8 Å². The smallest absolute Gasteiger partial charge is 0.270 e. The van der Waals surface area contributed by atoms with Crippen LogP contribution in [0.5, 0.6) is 5.75 Å². The van der Waals surface area contributed by atoms with E-state index in [9.17, 15) is 4.79 Å². The molecule has 0 saturated heterocycles. The number of benzene rings is 1. The molecule has 0 aliphatic heterocycles. The molecule has 1 aromatic carbocycles. The highest BCUT2D eigenvalue weighted by atomic mass is 16.5. The van der Waals surface area contributed by atoms with Gasteiger partial charge in [-0.2, -0.15) is 0 Å². The maximum Gasteiger partial charge on any atom is 0.270 e. The van der Waals surface area contributed by atoms with Crippen LogP contribution in [0.3, 0.4) is 0 Å². The van der Waals surface area contributed by atoms with Gasteiger partial charge in [0.15, 0.2) is 0 Å². The Morgan fingerprint density at radius 2 is 1.89 bits per heavy atom. The molecule has 2 aromatic heterocycles. The molecule has 8 nitrogen and oxygen atoms in total. The molecule has 2 heterocycles. The lowest BCUT2D eigenvalue weighted by Gasteiger charge is -2.29. The zero-order chi connectivity index (χ0) is 18.6. The summed E-state index contributed by atoms with van der Waals surface area (Å²) in [6.45, 7) is 0. The molecule has 3 N–H and O–H groups in total. The fourth-order valence-electron chi connectivity index (χ4n) is 3.34. The summed E-state index contributed by atoms with van der Waals surface area (Å²) >= 11 is 0. The van der Waals surface area contributed by atoms with E-state index in [0.29, 0.717) is 22.6 Å². The molecule has 8 heteroatoms. The second-order valence-corrected chi connectivity index (χ2v) is 6.60. The summed E-state index contributed by atoms with van der Waals surface area (Å²) in [5, 5.41) is 3.03. The number of hydrogen-bond acceptors (Lipinski definition) is 7. The van der Waals surface area contributed by atoms with Gasteiger partial charge < -0.3 is 15.8 Å². The summed E-state index contributed by atoms with van der Waals surface area (Å²) in [5.41, 5.74) is 8.37. The fourth-order valence-corrected chi connectivity index (χ4v) is 3.34. The van der Waals surface area contributed by atoms with Crippen molar-refractivity contribution >= 4 is 22.6 Å². The zero-order valence-electron chi connectivity index (χ0n) is 14.7. The quantitative estimate of drug-likeness (QED) is 0.681. The summed E-state index contributed by atoms with van der Waals surface area (Å²) in [6.07, 6.45) is 9.63. The molecule has 1 aliphatic carbocycles. The van der Waals surface area contributed by atoms with Gasteiger partial charge in [0.1, 0.15) is 23.3 Å². The van der Waals surface area contributed by atoms with E-state index >= 15 is 0 Å². The molecule has 138 valence electrons. The first-order chi connectivity index (χ1) is 13.2. The third kappa shape index (κ3) is 3.94. The number of nitrogen functional groups attached to an aromatic ring is 1. The van der Waals surface area contributed by atoms with Gasteiger partial charge in [-0.15, -0.1) is 0 Å². The van der Waals surface area contributed by atoms with E-state index in [4.69, 9.17) is 10.5 Å². The van der Waals surface area contributed by atoms with Gasteiger partial charge in [0.2, 0.25) is 0 Å². The number of ether oxygens (including phenoxy) is 1. The van der Waals surface area contributed by atoms with Crippen molar-refractivity contribution in [3.8, 4) is 5.75 Å². The third-order valence-corrected chi connectivity index (χ3v) is 4.68. The minimum Gasteiger partial charge on any atom is -0.488 e. The summed E-state index contributed by atoms with van der Waals surface area (Å²) < 4.78 is 6.17. The number of carbonyl (C=O) groups is 1. The summed E-state index contributed by atoms with van der Waals surface area (Å²) in [6, 6.07) is 5.30. The van der Waals surface area contributed by atoms with Crippen LogP contribution in [0.1, 0.15) is 36.2 Å². The van der Waals surface area contributed by atoms with E-state index in [1.54, 1.807) is 36.8 Å². The van der Waals surface area contributed by atoms with Crippen LogP contribution >= 0.6 is 0 Å². The van der Waals surface area contributed by atoms with Gasteiger partial charge in [-0.3, -0.25) is 9.78 Å². The summed E-state index contributed by atoms with van der Waals surface area (Å²) in [4.78, 5) is 28.7. The number of amides is 1. The van der Waals surface area contributed by atoms with Crippen molar-refractivity contribution in [2.75, 3.05) is 5.73 Å². The molecule has 0 bridgehead atoms. The normalized spacial score (nSPS) is 19.6. The van der Waals surface area contributed by atoms with E-state index < -0.39 is 0 Å².